The first-order chi connectivity index (χ1) is 13.9. The number of aliphatic hydroxyl groups is 1. The normalized spacial score (nSPS) is 13.2. The number of nitrogens with one attached hydrogen (secondary N) is 2. The number of benzene rings is 1. The number of nitrogens with zero attached hydrogens (tertiary/aromatic N) is 1. The molecule has 156 valence electrons. The Morgan fingerprint density at radius 1 is 1.31 bits per heavy atom. The zero-order valence-electron chi connectivity index (χ0n) is 16.1. The van der Waals surface area contributed by atoms with Crippen LogP contribution in [0.15, 0.2) is 23.6 Å². The SMILES string of the molecule is CC(C)C(=O)Nc1nc(CC(=O)NCC(O)COc2ccc3c(c2)OCO3)cs1. The van der Waals surface area contributed by atoms with Gasteiger partial charge in [0.2, 0.25) is 18.6 Å². The van der Waals surface area contributed by atoms with Gasteiger partial charge in [-0.05, 0) is 12.1 Å². The summed E-state index contributed by atoms with van der Waals surface area (Å²) in [6.07, 6.45) is -0.815. The molecule has 10 heteroatoms. The third kappa shape index (κ3) is 6.06. The molecular weight excluding hydrogens is 398 g/mol. The van der Waals surface area contributed by atoms with E-state index >= 15 is 0 Å². The van der Waals surface area contributed by atoms with E-state index in [1.807, 2.05) is 0 Å². The summed E-state index contributed by atoms with van der Waals surface area (Å²) >= 11 is 1.26. The molecule has 2 aromatic rings. The Kier molecular flexibility index (Phi) is 6.89. The van der Waals surface area contributed by atoms with E-state index in [1.165, 1.54) is 11.3 Å². The lowest BCUT2D eigenvalue weighted by Crippen LogP contribution is -2.36. The van der Waals surface area contributed by atoms with Crippen molar-refractivity contribution in [3.05, 3.63) is 29.3 Å². The van der Waals surface area contributed by atoms with Crippen molar-refractivity contribution >= 4 is 28.3 Å². The molecular formula is C19H23N3O6S. The standard InChI is InChI=1S/C19H23N3O6S/c1-11(2)18(25)22-19-21-12(9-29-19)5-17(24)20-7-13(23)8-26-14-3-4-15-16(6-14)28-10-27-15/h3-4,6,9,11,13,23H,5,7-8,10H2,1-2H3,(H,20,24)(H,21,22,25). The molecule has 1 atom stereocenters. The molecule has 1 aliphatic heterocycles. The van der Waals surface area contributed by atoms with Gasteiger partial charge in [0.25, 0.3) is 0 Å². The second-order valence-corrected chi connectivity index (χ2v) is 7.61. The van der Waals surface area contributed by atoms with Crippen LogP contribution in [0.4, 0.5) is 5.13 Å². The van der Waals surface area contributed by atoms with E-state index in [1.54, 1.807) is 37.4 Å². The smallest absolute Gasteiger partial charge is 0.231 e. The Hall–Kier alpha value is -2.85. The van der Waals surface area contributed by atoms with Crippen molar-refractivity contribution in [3.8, 4) is 17.2 Å². The fourth-order valence-electron chi connectivity index (χ4n) is 2.37. The average molecular weight is 421 g/mol. The lowest BCUT2D eigenvalue weighted by Gasteiger charge is -2.13. The fourth-order valence-corrected chi connectivity index (χ4v) is 3.09. The molecule has 3 N–H and O–H groups in total. The number of ether oxygens (including phenoxy) is 3. The summed E-state index contributed by atoms with van der Waals surface area (Å²) in [7, 11) is 0. The Morgan fingerprint density at radius 3 is 2.90 bits per heavy atom. The Bertz CT molecular complexity index is 869. The van der Waals surface area contributed by atoms with Crippen LogP contribution >= 0.6 is 11.3 Å². The number of amides is 2. The molecule has 1 aliphatic rings. The Balaban J connectivity index is 1.38. The number of anilines is 1. The summed E-state index contributed by atoms with van der Waals surface area (Å²) < 4.78 is 16.0. The maximum atomic E-state index is 12.0. The second kappa shape index (κ2) is 9.57. The number of hydrogen-bond acceptors (Lipinski definition) is 8. The van der Waals surface area contributed by atoms with Crippen molar-refractivity contribution in [1.29, 1.82) is 0 Å². The molecule has 0 bridgehead atoms. The van der Waals surface area contributed by atoms with E-state index in [9.17, 15) is 14.7 Å². The van der Waals surface area contributed by atoms with Crippen LogP contribution in [-0.4, -0.2) is 48.0 Å². The maximum Gasteiger partial charge on any atom is 0.231 e. The van der Waals surface area contributed by atoms with Crippen LogP contribution in [0.1, 0.15) is 19.5 Å². The van der Waals surface area contributed by atoms with E-state index < -0.39 is 6.10 Å². The summed E-state index contributed by atoms with van der Waals surface area (Å²) in [5.41, 5.74) is 0.553. The van der Waals surface area contributed by atoms with Gasteiger partial charge in [0.05, 0.1) is 12.1 Å². The van der Waals surface area contributed by atoms with Crippen molar-refractivity contribution in [2.45, 2.75) is 26.4 Å². The molecule has 0 fully saturated rings. The highest BCUT2D eigenvalue weighted by molar-refractivity contribution is 7.13. The van der Waals surface area contributed by atoms with Crippen LogP contribution < -0.4 is 24.8 Å². The predicted molar refractivity (Wildman–Crippen MR) is 106 cm³/mol. The van der Waals surface area contributed by atoms with Gasteiger partial charge in [0.1, 0.15) is 18.5 Å². The zero-order valence-corrected chi connectivity index (χ0v) is 17.0. The number of rotatable bonds is 9. The van der Waals surface area contributed by atoms with Gasteiger partial charge < -0.3 is 30.0 Å². The maximum absolute atomic E-state index is 12.0. The average Bonchev–Trinajstić information content (AvgIpc) is 3.33. The molecule has 0 aliphatic carbocycles. The predicted octanol–water partition coefficient (Wildman–Crippen LogP) is 1.56. The third-order valence-electron chi connectivity index (χ3n) is 3.97. The number of aromatic nitrogens is 1. The van der Waals surface area contributed by atoms with Crippen molar-refractivity contribution in [2.75, 3.05) is 25.3 Å². The van der Waals surface area contributed by atoms with Crippen molar-refractivity contribution < 1.29 is 28.9 Å². The molecule has 0 saturated carbocycles. The first kappa shape index (κ1) is 20.9. The van der Waals surface area contributed by atoms with Crippen LogP contribution in [0, 0.1) is 5.92 Å². The molecule has 9 nitrogen and oxygen atoms in total. The Labute approximate surface area is 172 Å². The van der Waals surface area contributed by atoms with Crippen LogP contribution in [0.5, 0.6) is 17.2 Å². The summed E-state index contributed by atoms with van der Waals surface area (Å²) in [5.74, 6) is 1.24. The van der Waals surface area contributed by atoms with Gasteiger partial charge in [-0.2, -0.15) is 0 Å². The number of carbonyl (C=O) groups is 2. The minimum absolute atomic E-state index is 0.0159. The minimum atomic E-state index is -0.874. The van der Waals surface area contributed by atoms with E-state index in [0.29, 0.717) is 28.1 Å². The Morgan fingerprint density at radius 2 is 2.10 bits per heavy atom. The van der Waals surface area contributed by atoms with Crippen LogP contribution in [0.2, 0.25) is 0 Å². The topological polar surface area (TPSA) is 119 Å². The van der Waals surface area contributed by atoms with Crippen molar-refractivity contribution in [1.82, 2.24) is 10.3 Å². The van der Waals surface area contributed by atoms with Gasteiger partial charge >= 0.3 is 0 Å². The van der Waals surface area contributed by atoms with Gasteiger partial charge in [-0.1, -0.05) is 13.8 Å². The van der Waals surface area contributed by atoms with Gasteiger partial charge in [-0.3, -0.25) is 9.59 Å². The number of thiazole rings is 1. The zero-order chi connectivity index (χ0) is 20.8. The molecule has 2 heterocycles. The molecule has 0 saturated heterocycles. The van der Waals surface area contributed by atoms with Crippen LogP contribution in [0.25, 0.3) is 0 Å². The first-order valence-electron chi connectivity index (χ1n) is 9.13. The van der Waals surface area contributed by atoms with Gasteiger partial charge in [0, 0.05) is 23.9 Å². The number of hydrogen-bond donors (Lipinski definition) is 3. The lowest BCUT2D eigenvalue weighted by atomic mass is 10.2. The number of fused-ring (bicyclic) bond motifs is 1. The van der Waals surface area contributed by atoms with E-state index in [2.05, 4.69) is 15.6 Å². The monoisotopic (exact) mass is 421 g/mol. The number of aliphatic hydroxyl groups excluding tert-OH is 1. The highest BCUT2D eigenvalue weighted by atomic mass is 32.1. The minimum Gasteiger partial charge on any atom is -0.491 e. The molecule has 1 aromatic carbocycles. The fraction of sp³-hybridized carbons (Fsp3) is 0.421. The van der Waals surface area contributed by atoms with Crippen LogP contribution in [-0.2, 0) is 16.0 Å². The summed E-state index contributed by atoms with van der Waals surface area (Å²) in [4.78, 5) is 27.9. The molecule has 3 rings (SSSR count). The van der Waals surface area contributed by atoms with Gasteiger partial charge in [-0.25, -0.2) is 4.98 Å². The largest absolute Gasteiger partial charge is 0.491 e. The second-order valence-electron chi connectivity index (χ2n) is 6.75. The van der Waals surface area contributed by atoms with Gasteiger partial charge in [0.15, 0.2) is 16.6 Å². The summed E-state index contributed by atoms with van der Waals surface area (Å²) in [5, 5.41) is 17.5. The van der Waals surface area contributed by atoms with Crippen LogP contribution in [0.3, 0.4) is 0 Å². The first-order valence-corrected chi connectivity index (χ1v) is 10.0. The molecule has 29 heavy (non-hydrogen) atoms. The van der Waals surface area contributed by atoms with Crippen molar-refractivity contribution in [3.63, 3.8) is 0 Å². The molecule has 0 spiro atoms. The highest BCUT2D eigenvalue weighted by Crippen LogP contribution is 2.35. The lowest BCUT2D eigenvalue weighted by molar-refractivity contribution is -0.121. The molecule has 0 radical (unpaired) electrons. The summed E-state index contributed by atoms with van der Waals surface area (Å²) in [6, 6.07) is 5.14. The van der Waals surface area contributed by atoms with Gasteiger partial charge in [-0.15, -0.1) is 11.3 Å². The highest BCUT2D eigenvalue weighted by Gasteiger charge is 2.15. The third-order valence-corrected chi connectivity index (χ3v) is 4.78. The quantitative estimate of drug-likeness (QED) is 0.562. The molecule has 1 unspecified atom stereocenters. The molecule has 2 amide bonds. The van der Waals surface area contributed by atoms with E-state index in [0.717, 1.165) is 0 Å². The molecule has 1 aromatic heterocycles. The van der Waals surface area contributed by atoms with Crippen molar-refractivity contribution in [2.24, 2.45) is 5.92 Å². The van der Waals surface area contributed by atoms with E-state index in [4.69, 9.17) is 14.2 Å². The number of carbonyl (C=O) groups excluding carboxylic acids is 2. The summed E-state index contributed by atoms with van der Waals surface area (Å²) in [6.45, 7) is 3.82. The van der Waals surface area contributed by atoms with E-state index in [-0.39, 0.29) is 44.1 Å².